The van der Waals surface area contributed by atoms with E-state index in [9.17, 15) is 13.2 Å². The number of carbonyl (C=O) groups is 1. The Morgan fingerprint density at radius 1 is 1.15 bits per heavy atom. The number of benzene rings is 2. The molecule has 0 aliphatic carbocycles. The highest BCUT2D eigenvalue weighted by Gasteiger charge is 2.33. The van der Waals surface area contributed by atoms with E-state index in [2.05, 4.69) is 15.6 Å². The highest BCUT2D eigenvalue weighted by molar-refractivity contribution is 7.90. The van der Waals surface area contributed by atoms with Crippen LogP contribution in [0.4, 0.5) is 19.3 Å². The molecule has 12 heteroatoms. The van der Waals surface area contributed by atoms with Crippen LogP contribution in [0, 0.1) is 24.0 Å². The zero-order valence-corrected chi connectivity index (χ0v) is 23.8. The third-order valence-electron chi connectivity index (χ3n) is 6.89. The molecule has 0 radical (unpaired) electrons. The summed E-state index contributed by atoms with van der Waals surface area (Å²) in [6, 6.07) is 9.10. The van der Waals surface area contributed by atoms with Crippen molar-refractivity contribution in [2.24, 2.45) is 5.41 Å². The number of carbonyl (C=O) groups excluding carboxylic acids is 1. The predicted octanol–water partition coefficient (Wildman–Crippen LogP) is 5.93. The Morgan fingerprint density at radius 3 is 2.39 bits per heavy atom. The van der Waals surface area contributed by atoms with Crippen LogP contribution < -0.4 is 15.4 Å². The molecule has 2 aromatic carbocycles. The number of hydrogen-bond acceptors (Lipinski definition) is 6. The fraction of sp³-hybridized carbons (Fsp3) is 0.310. The Bertz CT molecular complexity index is 1710. The first-order valence-electron chi connectivity index (χ1n) is 13.0. The van der Waals surface area contributed by atoms with Gasteiger partial charge in [-0.05, 0) is 36.6 Å². The summed E-state index contributed by atoms with van der Waals surface area (Å²) in [5, 5.41) is 5.40. The molecule has 5 rings (SSSR count). The summed E-state index contributed by atoms with van der Waals surface area (Å²) in [5.41, 5.74) is 1.27. The van der Waals surface area contributed by atoms with Gasteiger partial charge in [0.2, 0.25) is 0 Å². The number of fused-ring (bicyclic) bond motifs is 1. The molecular weight excluding hydrogens is 554 g/mol. The second-order valence-corrected chi connectivity index (χ2v) is 12.7. The number of amides is 2. The Balaban J connectivity index is 1.46. The summed E-state index contributed by atoms with van der Waals surface area (Å²) in [5.74, 6) is -2.95. The van der Waals surface area contributed by atoms with Crippen molar-refractivity contribution < 1.29 is 31.5 Å². The van der Waals surface area contributed by atoms with Crippen LogP contribution in [-0.4, -0.2) is 43.2 Å². The molecule has 2 amide bonds. The molecule has 0 atom stereocenters. The van der Waals surface area contributed by atoms with Gasteiger partial charge in [-0.1, -0.05) is 38.5 Å². The minimum atomic E-state index is -4.03. The molecule has 0 spiro atoms. The van der Waals surface area contributed by atoms with Crippen LogP contribution in [0.15, 0.2) is 59.8 Å². The first kappa shape index (κ1) is 28.5. The average Bonchev–Trinajstić information content (AvgIpc) is 3.31. The number of aryl methyl sites for hydroxylation is 1. The summed E-state index contributed by atoms with van der Waals surface area (Å²) < 4.78 is 69.3. The van der Waals surface area contributed by atoms with E-state index in [1.165, 1.54) is 30.6 Å². The first-order valence-corrected chi connectivity index (χ1v) is 14.4. The van der Waals surface area contributed by atoms with E-state index in [1.807, 2.05) is 27.7 Å². The van der Waals surface area contributed by atoms with Gasteiger partial charge in [0.15, 0.2) is 23.0 Å². The Labute approximate surface area is 236 Å². The molecule has 1 aliphatic heterocycles. The van der Waals surface area contributed by atoms with Gasteiger partial charge in [-0.15, -0.1) is 0 Å². The van der Waals surface area contributed by atoms with Crippen LogP contribution in [0.3, 0.4) is 0 Å². The number of ether oxygens (including phenoxy) is 2. The lowest BCUT2D eigenvalue weighted by Gasteiger charge is -2.37. The van der Waals surface area contributed by atoms with Gasteiger partial charge >= 0.3 is 6.03 Å². The highest BCUT2D eigenvalue weighted by Crippen LogP contribution is 2.39. The zero-order valence-electron chi connectivity index (χ0n) is 23.0. The number of anilines is 1. The molecule has 0 saturated carbocycles. The number of urea groups is 1. The van der Waals surface area contributed by atoms with Gasteiger partial charge in [-0.25, -0.2) is 30.9 Å². The maximum absolute atomic E-state index is 15.1. The van der Waals surface area contributed by atoms with Crippen LogP contribution >= 0.6 is 0 Å². The van der Waals surface area contributed by atoms with Gasteiger partial charge in [-0.2, -0.15) is 0 Å². The molecule has 41 heavy (non-hydrogen) atoms. The van der Waals surface area contributed by atoms with E-state index in [0.717, 1.165) is 21.7 Å². The highest BCUT2D eigenvalue weighted by atomic mass is 32.2. The molecule has 2 aromatic heterocycles. The first-order chi connectivity index (χ1) is 19.4. The van der Waals surface area contributed by atoms with Crippen molar-refractivity contribution in [3.8, 4) is 11.5 Å². The zero-order chi connectivity index (χ0) is 29.5. The maximum Gasteiger partial charge on any atom is 0.319 e. The van der Waals surface area contributed by atoms with Crippen LogP contribution in [-0.2, 0) is 14.8 Å². The average molecular weight is 585 g/mol. The topological polar surface area (TPSA) is 112 Å². The third-order valence-corrected chi connectivity index (χ3v) is 8.56. The number of nitrogens with one attached hydrogen (secondary N) is 2. The molecule has 1 fully saturated rings. The van der Waals surface area contributed by atoms with Crippen LogP contribution in [0.25, 0.3) is 11.0 Å². The lowest BCUT2D eigenvalue weighted by atomic mass is 9.89. The van der Waals surface area contributed by atoms with Gasteiger partial charge in [-0.3, -0.25) is 0 Å². The number of hydrogen-bond donors (Lipinski definition) is 2. The number of aromatic nitrogens is 2. The summed E-state index contributed by atoms with van der Waals surface area (Å²) in [6.45, 7) is 8.91. The lowest BCUT2D eigenvalue weighted by molar-refractivity contribution is -0.0974. The Kier molecular flexibility index (Phi) is 7.47. The number of pyridine rings is 1. The molecule has 0 unspecified atom stereocenters. The van der Waals surface area contributed by atoms with Crippen molar-refractivity contribution in [2.45, 2.75) is 38.5 Å². The Morgan fingerprint density at radius 2 is 1.80 bits per heavy atom. The van der Waals surface area contributed by atoms with Crippen molar-refractivity contribution in [2.75, 3.05) is 25.1 Å². The fourth-order valence-electron chi connectivity index (χ4n) is 4.51. The van der Waals surface area contributed by atoms with Crippen molar-refractivity contribution in [3.05, 3.63) is 77.6 Å². The summed E-state index contributed by atoms with van der Waals surface area (Å²) in [4.78, 5) is 16.6. The molecule has 216 valence electrons. The van der Waals surface area contributed by atoms with E-state index in [1.54, 1.807) is 12.1 Å². The quantitative estimate of drug-likeness (QED) is 0.265. The smallest absolute Gasteiger partial charge is 0.319 e. The van der Waals surface area contributed by atoms with Gasteiger partial charge in [0, 0.05) is 42.2 Å². The van der Waals surface area contributed by atoms with Crippen LogP contribution in [0.2, 0.25) is 0 Å². The molecule has 3 heterocycles. The van der Waals surface area contributed by atoms with E-state index in [-0.39, 0.29) is 33.3 Å². The Hall–Kier alpha value is -4.03. The molecular formula is C29H30F2N4O5S. The van der Waals surface area contributed by atoms with Crippen molar-refractivity contribution in [3.63, 3.8) is 0 Å². The second-order valence-electron chi connectivity index (χ2n) is 10.8. The maximum atomic E-state index is 15.1. The molecule has 2 N–H and O–H groups in total. The standard InChI is InChI=1S/C29H30F2N4O5S/c1-17(2)21-13-35(41(37,38)20-7-5-18(3)6-8-20)27-25(21)24(9-10-32-27)40-26-22(30)11-19(12-23(26)31)34-28(36)33-14-29(4)15-39-16-29/h5-13,17H,14-16H2,1-4H3,(H2,33,34,36). The third kappa shape index (κ3) is 5.62. The molecule has 1 saturated heterocycles. The van der Waals surface area contributed by atoms with Gasteiger partial charge in [0.1, 0.15) is 5.75 Å². The largest absolute Gasteiger partial charge is 0.450 e. The van der Waals surface area contributed by atoms with E-state index < -0.39 is 33.4 Å². The predicted molar refractivity (Wildman–Crippen MR) is 150 cm³/mol. The van der Waals surface area contributed by atoms with E-state index in [4.69, 9.17) is 9.47 Å². The molecule has 9 nitrogen and oxygen atoms in total. The summed E-state index contributed by atoms with van der Waals surface area (Å²) in [7, 11) is -4.03. The summed E-state index contributed by atoms with van der Waals surface area (Å²) >= 11 is 0. The van der Waals surface area contributed by atoms with E-state index >= 15 is 8.78 Å². The normalized spacial score (nSPS) is 14.6. The van der Waals surface area contributed by atoms with Crippen molar-refractivity contribution in [1.82, 2.24) is 14.3 Å². The van der Waals surface area contributed by atoms with Crippen molar-refractivity contribution >= 4 is 32.8 Å². The van der Waals surface area contributed by atoms with Crippen LogP contribution in [0.1, 0.15) is 37.8 Å². The van der Waals surface area contributed by atoms with Gasteiger partial charge < -0.3 is 20.1 Å². The van der Waals surface area contributed by atoms with Gasteiger partial charge in [0.25, 0.3) is 10.0 Å². The van der Waals surface area contributed by atoms with Crippen molar-refractivity contribution in [1.29, 1.82) is 0 Å². The lowest BCUT2D eigenvalue weighted by Crippen LogP contribution is -2.49. The minimum absolute atomic E-state index is 0.0313. The monoisotopic (exact) mass is 584 g/mol. The summed E-state index contributed by atoms with van der Waals surface area (Å²) in [6.07, 6.45) is 2.77. The minimum Gasteiger partial charge on any atom is -0.450 e. The molecule has 4 aromatic rings. The fourth-order valence-corrected chi connectivity index (χ4v) is 5.84. The SMILES string of the molecule is Cc1ccc(S(=O)(=O)n2cc(C(C)C)c3c(Oc4c(F)cc(NC(=O)NCC5(C)COC5)cc4F)ccnc32)cc1. The second kappa shape index (κ2) is 10.7. The number of rotatable bonds is 8. The van der Waals surface area contributed by atoms with Crippen LogP contribution in [0.5, 0.6) is 11.5 Å². The molecule has 0 bridgehead atoms. The van der Waals surface area contributed by atoms with Gasteiger partial charge in [0.05, 0.1) is 23.5 Å². The number of halogens is 2. The molecule has 1 aliphatic rings. The number of nitrogens with zero attached hydrogens (tertiary/aromatic N) is 2. The van der Waals surface area contributed by atoms with E-state index in [0.29, 0.717) is 30.7 Å².